The number of halogens is 1. The first kappa shape index (κ1) is 34.8. The summed E-state index contributed by atoms with van der Waals surface area (Å²) in [5, 5.41) is 14.2. The third-order valence-electron chi connectivity index (χ3n) is 9.16. The number of carbonyl (C=O) groups excluding carboxylic acids is 1. The van der Waals surface area contributed by atoms with Crippen LogP contribution in [-0.4, -0.2) is 26.8 Å². The molecule has 1 saturated carbocycles. The number of thiazole rings is 2. The summed E-state index contributed by atoms with van der Waals surface area (Å²) in [4.78, 5) is 33.4. The lowest BCUT2D eigenvalue weighted by Gasteiger charge is -2.14. The number of carboxylic acids is 1. The number of carboxylic acid groups (broad SMARTS) is 1. The summed E-state index contributed by atoms with van der Waals surface area (Å²) in [6.07, 6.45) is 2.03. The lowest BCUT2D eigenvalue weighted by molar-refractivity contribution is -0.142. The summed E-state index contributed by atoms with van der Waals surface area (Å²) in [6, 6.07) is 34.6. The molecule has 5 aromatic carbocycles. The van der Waals surface area contributed by atoms with E-state index in [0.29, 0.717) is 23.5 Å². The van der Waals surface area contributed by atoms with Gasteiger partial charge in [0.05, 0.1) is 26.4 Å². The van der Waals surface area contributed by atoms with Gasteiger partial charge >= 0.3 is 5.97 Å². The summed E-state index contributed by atoms with van der Waals surface area (Å²) < 4.78 is 3.55. The first-order valence-corrected chi connectivity index (χ1v) is 19.4. The number of anilines is 3. The van der Waals surface area contributed by atoms with Gasteiger partial charge in [0.25, 0.3) is 0 Å². The fourth-order valence-corrected chi connectivity index (χ4v) is 8.80. The van der Waals surface area contributed by atoms with Gasteiger partial charge in [0.15, 0.2) is 16.0 Å². The minimum Gasteiger partial charge on any atom is -0.481 e. The average molecular weight is 823 g/mol. The fourth-order valence-electron chi connectivity index (χ4n) is 6.60. The van der Waals surface area contributed by atoms with E-state index in [1.54, 1.807) is 22.7 Å². The highest BCUT2D eigenvalue weighted by atomic mass is 127. The Labute approximate surface area is 317 Å². The lowest BCUT2D eigenvalue weighted by atomic mass is 9.88. The highest BCUT2D eigenvalue weighted by Crippen LogP contribution is 2.36. The fraction of sp³-hybridized carbons (Fsp3) is 0.171. The van der Waals surface area contributed by atoms with Crippen molar-refractivity contribution >= 4 is 93.4 Å². The number of aromatic nitrogens is 2. The minimum absolute atomic E-state index is 0.0583. The number of aliphatic carboxylic acids is 1. The molecule has 0 aliphatic heterocycles. The second-order valence-corrected chi connectivity index (χ2v) is 16.2. The van der Waals surface area contributed by atoms with Crippen LogP contribution in [0.1, 0.15) is 40.7 Å². The van der Waals surface area contributed by atoms with Gasteiger partial charge in [-0.25, -0.2) is 9.97 Å². The largest absolute Gasteiger partial charge is 0.481 e. The van der Waals surface area contributed by atoms with Crippen LogP contribution in [0.15, 0.2) is 103 Å². The molecule has 2 atom stereocenters. The molecule has 2 heterocycles. The topological polar surface area (TPSA) is 118 Å². The number of Topliss-reactive ketones (excluding diaryl/α,β-unsaturated/α-hetero) is 1. The molecular weight excluding hydrogens is 788 g/mol. The van der Waals surface area contributed by atoms with Gasteiger partial charge in [-0.1, -0.05) is 83.7 Å². The number of nitrogens with two attached hydrogens (primary N) is 1. The molecule has 10 heteroatoms. The summed E-state index contributed by atoms with van der Waals surface area (Å²) >= 11 is 5.49. The second-order valence-electron chi connectivity index (χ2n) is 12.8. The van der Waals surface area contributed by atoms with E-state index in [4.69, 9.17) is 5.73 Å². The van der Waals surface area contributed by atoms with Crippen LogP contribution < -0.4 is 11.1 Å². The van der Waals surface area contributed by atoms with E-state index in [-0.39, 0.29) is 5.78 Å². The van der Waals surface area contributed by atoms with Gasteiger partial charge < -0.3 is 16.2 Å². The Bertz CT molecular complexity index is 2370. The highest BCUT2D eigenvalue weighted by molar-refractivity contribution is 14.1. The molecule has 0 amide bonds. The molecule has 0 saturated heterocycles. The van der Waals surface area contributed by atoms with Crippen LogP contribution in [0.2, 0.25) is 0 Å². The van der Waals surface area contributed by atoms with E-state index in [2.05, 4.69) is 100 Å². The SMILES string of the molecule is Cc1cc(-c2ccc(I)cc2)c2nc(N)sc2c1.Cc1ccc2nc(Nc3ccc(-c4ccc(C(=O)[C@@H]5CCC[C@H]5C(=O)O)cc4)cc3)sc2c1. The van der Waals surface area contributed by atoms with E-state index >= 15 is 0 Å². The molecule has 1 fully saturated rings. The third-order valence-corrected chi connectivity index (χ3v) is 11.6. The van der Waals surface area contributed by atoms with Gasteiger partial charge in [0.1, 0.15) is 0 Å². The number of nitrogen functional groups attached to an aromatic ring is 1. The van der Waals surface area contributed by atoms with Crippen LogP contribution >= 0.6 is 45.3 Å². The van der Waals surface area contributed by atoms with Crippen molar-refractivity contribution in [3.8, 4) is 22.3 Å². The quantitative estimate of drug-likeness (QED) is 0.108. The number of ketones is 1. The van der Waals surface area contributed by atoms with Gasteiger partial charge in [0, 0.05) is 26.3 Å². The first-order valence-electron chi connectivity index (χ1n) is 16.7. The number of rotatable bonds is 7. The number of nitrogens with one attached hydrogen (secondary N) is 1. The van der Waals surface area contributed by atoms with Crippen molar-refractivity contribution in [1.29, 1.82) is 0 Å². The Morgan fingerprint density at radius 3 is 2.12 bits per heavy atom. The van der Waals surface area contributed by atoms with Crippen molar-refractivity contribution in [2.75, 3.05) is 11.1 Å². The van der Waals surface area contributed by atoms with Crippen molar-refractivity contribution in [3.05, 3.63) is 123 Å². The van der Waals surface area contributed by atoms with E-state index in [1.165, 1.54) is 20.3 Å². The van der Waals surface area contributed by atoms with Crippen LogP contribution in [0.5, 0.6) is 0 Å². The molecule has 256 valence electrons. The van der Waals surface area contributed by atoms with E-state index in [1.807, 2.05) is 54.6 Å². The molecule has 2 aromatic heterocycles. The Hall–Kier alpha value is -4.65. The van der Waals surface area contributed by atoms with Crippen LogP contribution in [0.25, 0.3) is 42.7 Å². The molecule has 0 bridgehead atoms. The normalized spacial score (nSPS) is 15.4. The molecule has 4 N–H and O–H groups in total. The maximum Gasteiger partial charge on any atom is 0.307 e. The zero-order valence-electron chi connectivity index (χ0n) is 28.0. The van der Waals surface area contributed by atoms with E-state index in [0.717, 1.165) is 54.4 Å². The molecule has 8 rings (SSSR count). The first-order chi connectivity index (χ1) is 24.6. The highest BCUT2D eigenvalue weighted by Gasteiger charge is 2.37. The maximum absolute atomic E-state index is 12.8. The van der Waals surface area contributed by atoms with Gasteiger partial charge in [-0.15, -0.1) is 0 Å². The lowest BCUT2D eigenvalue weighted by Crippen LogP contribution is -2.25. The predicted molar refractivity (Wildman–Crippen MR) is 219 cm³/mol. The zero-order chi connectivity index (χ0) is 35.6. The standard InChI is InChI=1S/C27H24N2O3S.C14H11IN2S/c1-16-5-14-23-24(15-16)33-27(29-23)28-20-12-10-18(11-13-20)17-6-8-19(9-7-17)25(30)21-3-2-4-22(21)26(31)32;1-8-6-11(9-2-4-10(15)5-3-9)13-12(7-8)18-14(16)17-13/h5-15,21-22H,2-4H2,1H3,(H,28,29)(H,31,32);2-7H,1H3,(H2,16,17)/t21-,22-;/m1./s1. The molecule has 0 radical (unpaired) electrons. The van der Waals surface area contributed by atoms with Gasteiger partial charge in [-0.05, 0) is 126 Å². The van der Waals surface area contributed by atoms with Crippen LogP contribution in [0.4, 0.5) is 16.0 Å². The Kier molecular flexibility index (Phi) is 10.2. The Morgan fingerprint density at radius 2 is 1.41 bits per heavy atom. The number of fused-ring (bicyclic) bond motifs is 2. The average Bonchev–Trinajstić information content (AvgIpc) is 3.86. The van der Waals surface area contributed by atoms with Crippen LogP contribution in [0.3, 0.4) is 0 Å². The molecule has 51 heavy (non-hydrogen) atoms. The molecule has 1 aliphatic rings. The van der Waals surface area contributed by atoms with Crippen LogP contribution in [-0.2, 0) is 4.79 Å². The van der Waals surface area contributed by atoms with Crippen molar-refractivity contribution in [1.82, 2.24) is 9.97 Å². The summed E-state index contributed by atoms with van der Waals surface area (Å²) in [7, 11) is 0. The summed E-state index contributed by atoms with van der Waals surface area (Å²) in [5.74, 6) is -1.89. The van der Waals surface area contributed by atoms with Gasteiger partial charge in [-0.3, -0.25) is 9.59 Å². The molecular formula is C41H35IN4O3S2. The van der Waals surface area contributed by atoms with E-state index < -0.39 is 17.8 Å². The summed E-state index contributed by atoms with van der Waals surface area (Å²) in [5.41, 5.74) is 16.2. The second kappa shape index (κ2) is 14.9. The molecule has 1 aliphatic carbocycles. The number of benzene rings is 5. The third kappa shape index (κ3) is 7.83. The van der Waals surface area contributed by atoms with Crippen molar-refractivity contribution in [2.24, 2.45) is 11.8 Å². The molecule has 0 spiro atoms. The molecule has 7 aromatic rings. The smallest absolute Gasteiger partial charge is 0.307 e. The summed E-state index contributed by atoms with van der Waals surface area (Å²) in [6.45, 7) is 4.18. The minimum atomic E-state index is -0.864. The molecule has 0 unspecified atom stereocenters. The molecule has 7 nitrogen and oxygen atoms in total. The van der Waals surface area contributed by atoms with Crippen molar-refractivity contribution in [3.63, 3.8) is 0 Å². The number of nitrogens with zero attached hydrogens (tertiary/aromatic N) is 2. The maximum atomic E-state index is 12.8. The van der Waals surface area contributed by atoms with E-state index in [9.17, 15) is 14.7 Å². The Morgan fingerprint density at radius 1 is 0.765 bits per heavy atom. The van der Waals surface area contributed by atoms with Crippen LogP contribution in [0, 0.1) is 29.3 Å². The van der Waals surface area contributed by atoms with Crippen molar-refractivity contribution in [2.45, 2.75) is 33.1 Å². The number of hydrogen-bond acceptors (Lipinski definition) is 8. The van der Waals surface area contributed by atoms with Gasteiger partial charge in [-0.2, -0.15) is 0 Å². The number of aryl methyl sites for hydroxylation is 2. The number of hydrogen-bond donors (Lipinski definition) is 3. The van der Waals surface area contributed by atoms with Gasteiger partial charge in [0.2, 0.25) is 0 Å². The Balaban J connectivity index is 0.000000190. The predicted octanol–water partition coefficient (Wildman–Crippen LogP) is 11.2. The monoisotopic (exact) mass is 822 g/mol. The zero-order valence-corrected chi connectivity index (χ0v) is 31.8. The van der Waals surface area contributed by atoms with Crippen molar-refractivity contribution < 1.29 is 14.7 Å². The number of carbonyl (C=O) groups is 2.